The lowest BCUT2D eigenvalue weighted by molar-refractivity contribution is 0.0590. The van der Waals surface area contributed by atoms with Gasteiger partial charge in [0.05, 0.1) is 0 Å². The van der Waals surface area contributed by atoms with Crippen molar-refractivity contribution in [2.75, 3.05) is 26.2 Å². The largest absolute Gasteiger partial charge is 0.339 e. The van der Waals surface area contributed by atoms with Gasteiger partial charge < -0.3 is 9.80 Å². The van der Waals surface area contributed by atoms with E-state index in [1.807, 2.05) is 51.9 Å². The molecule has 5 rings (SSSR count). The van der Waals surface area contributed by atoms with Crippen LogP contribution in [0, 0.1) is 0 Å². The number of rotatable bonds is 3. The average molecular weight is 468 g/mol. The molecule has 7 heteroatoms. The summed E-state index contributed by atoms with van der Waals surface area (Å²) in [7, 11) is 0. The van der Waals surface area contributed by atoms with Crippen molar-refractivity contribution in [1.29, 1.82) is 0 Å². The zero-order chi connectivity index (χ0) is 20.5. The van der Waals surface area contributed by atoms with Crippen molar-refractivity contribution < 1.29 is 4.79 Å². The number of amides is 1. The van der Waals surface area contributed by atoms with Crippen molar-refractivity contribution >= 4 is 27.5 Å². The zero-order valence-electron chi connectivity index (χ0n) is 17.0. The van der Waals surface area contributed by atoms with Crippen LogP contribution in [-0.2, 0) is 0 Å². The molecule has 2 fully saturated rings. The highest BCUT2D eigenvalue weighted by atomic mass is 79.9. The van der Waals surface area contributed by atoms with E-state index in [0.29, 0.717) is 17.3 Å². The van der Waals surface area contributed by atoms with Crippen molar-refractivity contribution in [2.24, 2.45) is 0 Å². The molecule has 2 aromatic heterocycles. The van der Waals surface area contributed by atoms with Crippen LogP contribution in [0.25, 0.3) is 17.0 Å². The van der Waals surface area contributed by atoms with Crippen LogP contribution in [0.4, 0.5) is 0 Å². The second kappa shape index (κ2) is 8.47. The van der Waals surface area contributed by atoms with Gasteiger partial charge in [-0.2, -0.15) is 0 Å². The first-order valence-electron chi connectivity index (χ1n) is 10.8. The van der Waals surface area contributed by atoms with E-state index in [4.69, 9.17) is 0 Å². The molecule has 0 bridgehead atoms. The van der Waals surface area contributed by atoms with E-state index in [1.54, 1.807) is 0 Å². The summed E-state index contributed by atoms with van der Waals surface area (Å²) in [6.07, 6.45) is 8.05. The van der Waals surface area contributed by atoms with E-state index in [-0.39, 0.29) is 5.91 Å². The Kier molecular flexibility index (Phi) is 5.56. The number of likely N-dealkylation sites (tertiary alicyclic amines) is 2. The Morgan fingerprint density at radius 3 is 2.50 bits per heavy atom. The highest BCUT2D eigenvalue weighted by Gasteiger charge is 2.28. The Morgan fingerprint density at radius 2 is 1.73 bits per heavy atom. The third-order valence-corrected chi connectivity index (χ3v) is 7.12. The molecule has 0 N–H and O–H groups in total. The highest BCUT2D eigenvalue weighted by molar-refractivity contribution is 9.10. The van der Waals surface area contributed by atoms with Gasteiger partial charge >= 0.3 is 0 Å². The number of hydrogen-bond acceptors (Lipinski definition) is 4. The molecule has 2 aliphatic heterocycles. The first-order chi connectivity index (χ1) is 14.7. The van der Waals surface area contributed by atoms with Crippen LogP contribution in [0.3, 0.4) is 0 Å². The molecule has 3 aromatic rings. The van der Waals surface area contributed by atoms with Crippen LogP contribution in [0.15, 0.2) is 47.1 Å². The summed E-state index contributed by atoms with van der Waals surface area (Å²) in [5.41, 5.74) is 2.35. The number of carbonyl (C=O) groups excluding carboxylic acids is 1. The lowest BCUT2D eigenvalue weighted by Crippen LogP contribution is -2.48. The average Bonchev–Trinajstić information content (AvgIpc) is 3.23. The number of hydrogen-bond donors (Lipinski definition) is 0. The maximum atomic E-state index is 13.1. The van der Waals surface area contributed by atoms with E-state index in [9.17, 15) is 4.79 Å². The predicted octanol–water partition coefficient (Wildman–Crippen LogP) is 4.25. The normalized spacial score (nSPS) is 18.8. The van der Waals surface area contributed by atoms with Gasteiger partial charge in [-0.25, -0.2) is 0 Å². The van der Waals surface area contributed by atoms with Gasteiger partial charge in [-0.1, -0.05) is 40.5 Å². The fourth-order valence-corrected chi connectivity index (χ4v) is 5.21. The summed E-state index contributed by atoms with van der Waals surface area (Å²) in [5, 5.41) is 8.67. The molecule has 1 aromatic carbocycles. The maximum Gasteiger partial charge on any atom is 0.254 e. The summed E-state index contributed by atoms with van der Waals surface area (Å²) in [5.74, 6) is 0.860. The van der Waals surface area contributed by atoms with Crippen LogP contribution < -0.4 is 0 Å². The molecule has 0 unspecified atom stereocenters. The Hall–Kier alpha value is -2.25. The minimum atomic E-state index is 0.0973. The number of pyridine rings is 1. The third kappa shape index (κ3) is 3.76. The van der Waals surface area contributed by atoms with E-state index in [0.717, 1.165) is 41.8 Å². The molecular formula is C23H26BrN5O. The van der Waals surface area contributed by atoms with Gasteiger partial charge in [-0.3, -0.25) is 9.20 Å². The molecule has 0 aliphatic carbocycles. The molecule has 0 atom stereocenters. The van der Waals surface area contributed by atoms with Crippen LogP contribution >= 0.6 is 15.9 Å². The van der Waals surface area contributed by atoms with Crippen molar-refractivity contribution in [3.05, 3.63) is 52.6 Å². The van der Waals surface area contributed by atoms with E-state index < -0.39 is 0 Å². The number of benzene rings is 1. The molecule has 2 aliphatic rings. The first kappa shape index (κ1) is 19.7. The molecule has 6 nitrogen and oxygen atoms in total. The van der Waals surface area contributed by atoms with Crippen LogP contribution in [0.1, 0.15) is 42.5 Å². The highest BCUT2D eigenvalue weighted by Crippen LogP contribution is 2.27. The SMILES string of the molecule is O=C(c1ccn2c(-c3ccccc3Br)nnc2c1)N1CCC(N2CCCCC2)CC1. The van der Waals surface area contributed by atoms with Crippen LogP contribution in [-0.4, -0.2) is 62.5 Å². The fraction of sp³-hybridized carbons (Fsp3) is 0.435. The van der Waals surface area contributed by atoms with E-state index in [1.165, 1.54) is 32.4 Å². The smallest absolute Gasteiger partial charge is 0.254 e. The molecule has 4 heterocycles. The molecule has 0 saturated carbocycles. The van der Waals surface area contributed by atoms with Crippen molar-refractivity contribution in [1.82, 2.24) is 24.4 Å². The minimum absolute atomic E-state index is 0.0973. The molecule has 156 valence electrons. The Labute approximate surface area is 185 Å². The van der Waals surface area contributed by atoms with Crippen molar-refractivity contribution in [3.8, 4) is 11.4 Å². The van der Waals surface area contributed by atoms with Crippen molar-refractivity contribution in [3.63, 3.8) is 0 Å². The fourth-order valence-electron chi connectivity index (χ4n) is 4.75. The van der Waals surface area contributed by atoms with Gasteiger partial charge in [0, 0.05) is 40.9 Å². The molecule has 1 amide bonds. The molecular weight excluding hydrogens is 442 g/mol. The van der Waals surface area contributed by atoms with E-state index >= 15 is 0 Å². The van der Waals surface area contributed by atoms with Crippen molar-refractivity contribution in [2.45, 2.75) is 38.1 Å². The molecule has 0 spiro atoms. The number of nitrogens with zero attached hydrogens (tertiary/aromatic N) is 5. The lowest BCUT2D eigenvalue weighted by atomic mass is 9.99. The minimum Gasteiger partial charge on any atom is -0.339 e. The number of halogens is 1. The third-order valence-electron chi connectivity index (χ3n) is 6.43. The Bertz CT molecular complexity index is 1050. The zero-order valence-corrected chi connectivity index (χ0v) is 18.6. The first-order valence-corrected chi connectivity index (χ1v) is 11.6. The van der Waals surface area contributed by atoms with Gasteiger partial charge in [0.15, 0.2) is 11.5 Å². The summed E-state index contributed by atoms with van der Waals surface area (Å²) in [4.78, 5) is 17.7. The monoisotopic (exact) mass is 467 g/mol. The summed E-state index contributed by atoms with van der Waals surface area (Å²) >= 11 is 3.58. The van der Waals surface area contributed by atoms with E-state index in [2.05, 4.69) is 31.0 Å². The quantitative estimate of drug-likeness (QED) is 0.577. The Balaban J connectivity index is 1.31. The maximum absolute atomic E-state index is 13.1. The Morgan fingerprint density at radius 1 is 0.967 bits per heavy atom. The molecule has 30 heavy (non-hydrogen) atoms. The number of piperidine rings is 2. The standard InChI is InChI=1S/C23H26BrN5O/c24-20-7-3-2-6-19(20)22-26-25-21-16-17(8-15-29(21)22)23(30)28-13-9-18(10-14-28)27-11-4-1-5-12-27/h2-3,6-8,15-16,18H,1,4-5,9-14H2. The molecule has 0 radical (unpaired) electrons. The van der Waals surface area contributed by atoms with Gasteiger partial charge in [0.2, 0.25) is 0 Å². The summed E-state index contributed by atoms with van der Waals surface area (Å²) in [6, 6.07) is 12.3. The van der Waals surface area contributed by atoms with Gasteiger partial charge in [0.25, 0.3) is 5.91 Å². The lowest BCUT2D eigenvalue weighted by Gasteiger charge is -2.40. The second-order valence-corrected chi connectivity index (χ2v) is 9.12. The topological polar surface area (TPSA) is 53.7 Å². The van der Waals surface area contributed by atoms with Crippen LogP contribution in [0.5, 0.6) is 0 Å². The number of aromatic nitrogens is 3. The number of carbonyl (C=O) groups is 1. The van der Waals surface area contributed by atoms with Gasteiger partial charge in [0.1, 0.15) is 0 Å². The number of fused-ring (bicyclic) bond motifs is 1. The summed E-state index contributed by atoms with van der Waals surface area (Å²) < 4.78 is 2.90. The molecule has 2 saturated heterocycles. The predicted molar refractivity (Wildman–Crippen MR) is 120 cm³/mol. The summed E-state index contributed by atoms with van der Waals surface area (Å²) in [6.45, 7) is 4.12. The van der Waals surface area contributed by atoms with Crippen LogP contribution in [0.2, 0.25) is 0 Å². The van der Waals surface area contributed by atoms with Gasteiger partial charge in [-0.05, 0) is 57.0 Å². The second-order valence-electron chi connectivity index (χ2n) is 8.27. The van der Waals surface area contributed by atoms with Gasteiger partial charge in [-0.15, -0.1) is 10.2 Å².